The second kappa shape index (κ2) is 4.60. The van der Waals surface area contributed by atoms with E-state index in [1.807, 2.05) is 0 Å². The van der Waals surface area contributed by atoms with Gasteiger partial charge in [-0.1, -0.05) is 6.08 Å². The van der Waals surface area contributed by atoms with Crippen LogP contribution in [0.3, 0.4) is 0 Å². The summed E-state index contributed by atoms with van der Waals surface area (Å²) in [6.07, 6.45) is 1.35. The van der Waals surface area contributed by atoms with Gasteiger partial charge in [-0.25, -0.2) is 21.6 Å². The van der Waals surface area contributed by atoms with Crippen molar-refractivity contribution >= 4 is 19.9 Å². The Kier molecular flexibility index (Phi) is 3.87. The van der Waals surface area contributed by atoms with Crippen LogP contribution in [0.25, 0.3) is 0 Å². The predicted octanol–water partition coefficient (Wildman–Crippen LogP) is -1.56. The summed E-state index contributed by atoms with van der Waals surface area (Å²) >= 11 is 0. The van der Waals surface area contributed by atoms with E-state index in [1.165, 1.54) is 6.08 Å². The molecular formula is C7H14N2O4S2. The minimum Gasteiger partial charge on any atom is -0.319 e. The summed E-state index contributed by atoms with van der Waals surface area (Å²) in [5, 5.41) is 3.75. The van der Waals surface area contributed by atoms with Crippen LogP contribution in [-0.4, -0.2) is 48.0 Å². The van der Waals surface area contributed by atoms with Gasteiger partial charge >= 0.3 is 0 Å². The third kappa shape index (κ3) is 4.29. The number of sulfonamides is 1. The van der Waals surface area contributed by atoms with Gasteiger partial charge in [0.25, 0.3) is 0 Å². The monoisotopic (exact) mass is 254 g/mol. The zero-order valence-corrected chi connectivity index (χ0v) is 9.94. The van der Waals surface area contributed by atoms with E-state index >= 15 is 0 Å². The Hall–Kier alpha value is -0.440. The Morgan fingerprint density at radius 3 is 2.60 bits per heavy atom. The Morgan fingerprint density at radius 2 is 2.13 bits per heavy atom. The molecule has 0 amide bonds. The van der Waals surface area contributed by atoms with Gasteiger partial charge in [-0.15, -0.1) is 0 Å². The fraction of sp³-hybridized carbons (Fsp3) is 0.714. The second-order valence-electron chi connectivity index (χ2n) is 3.30. The summed E-state index contributed by atoms with van der Waals surface area (Å²) in [5.41, 5.74) is 0. The van der Waals surface area contributed by atoms with Crippen molar-refractivity contribution in [3.8, 4) is 0 Å². The average molecular weight is 254 g/mol. The standard InChI is InChI=1S/C7H14N2O4S2/c1-8-3-5-15(12,13)9-7-2-4-14(10,11)6-7/h2,4,7-9H,3,5-6H2,1H3. The Labute approximate surface area is 89.7 Å². The van der Waals surface area contributed by atoms with Crippen LogP contribution in [0.5, 0.6) is 0 Å². The minimum atomic E-state index is -3.41. The van der Waals surface area contributed by atoms with Gasteiger partial charge in [-0.05, 0) is 7.05 Å². The largest absolute Gasteiger partial charge is 0.319 e. The summed E-state index contributed by atoms with van der Waals surface area (Å²) in [6, 6.07) is -0.628. The van der Waals surface area contributed by atoms with Gasteiger partial charge in [0.1, 0.15) is 0 Å². The normalized spacial score (nSPS) is 24.5. The molecule has 1 rings (SSSR count). The number of sulfone groups is 1. The predicted molar refractivity (Wildman–Crippen MR) is 57.6 cm³/mol. The highest BCUT2D eigenvalue weighted by atomic mass is 32.2. The van der Waals surface area contributed by atoms with E-state index < -0.39 is 25.9 Å². The second-order valence-corrected chi connectivity index (χ2v) is 7.11. The van der Waals surface area contributed by atoms with E-state index in [4.69, 9.17) is 0 Å². The number of hydrogen-bond donors (Lipinski definition) is 2. The molecule has 0 saturated carbocycles. The molecule has 6 nitrogen and oxygen atoms in total. The molecule has 0 aromatic carbocycles. The maximum atomic E-state index is 11.4. The van der Waals surface area contributed by atoms with Gasteiger partial charge in [0.2, 0.25) is 10.0 Å². The van der Waals surface area contributed by atoms with Crippen LogP contribution < -0.4 is 10.0 Å². The van der Waals surface area contributed by atoms with Crippen LogP contribution in [-0.2, 0) is 19.9 Å². The lowest BCUT2D eigenvalue weighted by Crippen LogP contribution is -2.38. The molecule has 1 heterocycles. The molecule has 0 aromatic heterocycles. The molecule has 15 heavy (non-hydrogen) atoms. The van der Waals surface area contributed by atoms with E-state index in [2.05, 4.69) is 10.0 Å². The molecular weight excluding hydrogens is 240 g/mol. The van der Waals surface area contributed by atoms with Crippen LogP contribution in [0.2, 0.25) is 0 Å². The SMILES string of the molecule is CNCCS(=O)(=O)NC1C=CS(=O)(=O)C1. The molecule has 0 saturated heterocycles. The molecule has 1 aliphatic heterocycles. The minimum absolute atomic E-state index is 0.0616. The highest BCUT2D eigenvalue weighted by molar-refractivity contribution is 7.94. The van der Waals surface area contributed by atoms with Crippen molar-refractivity contribution in [2.24, 2.45) is 0 Å². The van der Waals surface area contributed by atoms with Gasteiger partial charge in [0.15, 0.2) is 9.84 Å². The lowest BCUT2D eigenvalue weighted by atomic mass is 10.4. The zero-order valence-electron chi connectivity index (χ0n) is 8.30. The van der Waals surface area contributed by atoms with Gasteiger partial charge in [-0.3, -0.25) is 0 Å². The number of hydrogen-bond acceptors (Lipinski definition) is 5. The molecule has 0 aromatic rings. The highest BCUT2D eigenvalue weighted by Gasteiger charge is 2.25. The molecule has 1 atom stereocenters. The first-order chi connectivity index (χ1) is 6.85. The molecule has 0 aliphatic carbocycles. The van der Waals surface area contributed by atoms with Crippen molar-refractivity contribution in [3.63, 3.8) is 0 Å². The molecule has 0 radical (unpaired) electrons. The van der Waals surface area contributed by atoms with Crippen molar-refractivity contribution in [2.75, 3.05) is 25.1 Å². The third-order valence-electron chi connectivity index (χ3n) is 1.88. The van der Waals surface area contributed by atoms with Gasteiger partial charge in [-0.2, -0.15) is 0 Å². The van der Waals surface area contributed by atoms with E-state index in [1.54, 1.807) is 7.05 Å². The fourth-order valence-corrected chi connectivity index (χ4v) is 3.73. The smallest absolute Gasteiger partial charge is 0.213 e. The first-order valence-corrected chi connectivity index (χ1v) is 7.77. The van der Waals surface area contributed by atoms with E-state index in [9.17, 15) is 16.8 Å². The summed E-state index contributed by atoms with van der Waals surface area (Å²) in [4.78, 5) is 0. The van der Waals surface area contributed by atoms with Crippen LogP contribution >= 0.6 is 0 Å². The van der Waals surface area contributed by atoms with Crippen molar-refractivity contribution < 1.29 is 16.8 Å². The molecule has 0 bridgehead atoms. The molecule has 0 fully saturated rings. The van der Waals surface area contributed by atoms with E-state index in [0.717, 1.165) is 5.41 Å². The van der Waals surface area contributed by atoms with Gasteiger partial charge in [0, 0.05) is 12.0 Å². The average Bonchev–Trinajstić information content (AvgIpc) is 2.41. The lowest BCUT2D eigenvalue weighted by Gasteiger charge is -2.10. The van der Waals surface area contributed by atoms with Gasteiger partial charge in [0.05, 0.1) is 17.5 Å². The van der Waals surface area contributed by atoms with Crippen molar-refractivity contribution in [2.45, 2.75) is 6.04 Å². The van der Waals surface area contributed by atoms with Crippen molar-refractivity contribution in [3.05, 3.63) is 11.5 Å². The summed E-state index contributed by atoms with van der Waals surface area (Å²) < 4.78 is 47.1. The first-order valence-electron chi connectivity index (χ1n) is 4.40. The van der Waals surface area contributed by atoms with Gasteiger partial charge < -0.3 is 5.32 Å². The van der Waals surface area contributed by atoms with E-state index in [0.29, 0.717) is 6.54 Å². The first kappa shape index (κ1) is 12.6. The highest BCUT2D eigenvalue weighted by Crippen LogP contribution is 2.08. The molecule has 1 unspecified atom stereocenters. The fourth-order valence-electron chi connectivity index (χ4n) is 1.18. The number of nitrogens with one attached hydrogen (secondary N) is 2. The van der Waals surface area contributed by atoms with E-state index in [-0.39, 0.29) is 11.5 Å². The molecule has 0 spiro atoms. The topological polar surface area (TPSA) is 92.3 Å². The molecule has 1 aliphatic rings. The molecule has 8 heteroatoms. The zero-order chi connectivity index (χ0) is 11.5. The van der Waals surface area contributed by atoms with Crippen molar-refractivity contribution in [1.82, 2.24) is 10.0 Å². The van der Waals surface area contributed by atoms with Crippen LogP contribution in [0.15, 0.2) is 11.5 Å². The van der Waals surface area contributed by atoms with Crippen molar-refractivity contribution in [1.29, 1.82) is 0 Å². The molecule has 2 N–H and O–H groups in total. The lowest BCUT2D eigenvalue weighted by molar-refractivity contribution is 0.572. The molecule has 88 valence electrons. The Bertz CT molecular complexity index is 438. The summed E-state index contributed by atoms with van der Waals surface area (Å²) in [6.45, 7) is 0.332. The Morgan fingerprint density at radius 1 is 1.47 bits per heavy atom. The van der Waals surface area contributed by atoms with Crippen LogP contribution in [0.1, 0.15) is 0 Å². The maximum Gasteiger partial charge on any atom is 0.213 e. The third-order valence-corrected chi connectivity index (χ3v) is 4.68. The maximum absolute atomic E-state index is 11.4. The van der Waals surface area contributed by atoms with Crippen LogP contribution in [0.4, 0.5) is 0 Å². The quantitative estimate of drug-likeness (QED) is 0.619. The summed E-state index contributed by atoms with van der Waals surface area (Å²) in [7, 11) is -4.97. The summed E-state index contributed by atoms with van der Waals surface area (Å²) in [5.74, 6) is -0.250. The number of rotatable bonds is 5. The van der Waals surface area contributed by atoms with Crippen LogP contribution in [0, 0.1) is 0 Å². The Balaban J connectivity index is 2.54.